The molecule has 2 aromatic heterocycles. The Labute approximate surface area is 209 Å². The Balaban J connectivity index is 1.63. The van der Waals surface area contributed by atoms with Gasteiger partial charge in [-0.3, -0.25) is 14.4 Å². The molecule has 1 atom stereocenters. The number of likely N-dealkylation sites (tertiary alicyclic amines) is 1. The molecule has 1 aromatic carbocycles. The number of nitrogens with one attached hydrogen (secondary N) is 1. The molecule has 0 radical (unpaired) electrons. The summed E-state index contributed by atoms with van der Waals surface area (Å²) < 4.78 is 1.18. The Morgan fingerprint density at radius 3 is 2.61 bits per heavy atom. The molecule has 0 unspecified atom stereocenters. The van der Waals surface area contributed by atoms with Gasteiger partial charge in [-0.15, -0.1) is 0 Å². The number of carbonyl (C=O) groups is 3. The Kier molecular flexibility index (Phi) is 7.14. The van der Waals surface area contributed by atoms with Gasteiger partial charge < -0.3 is 21.8 Å². The lowest BCUT2D eigenvalue weighted by Crippen LogP contribution is -2.33. The molecule has 0 aliphatic carbocycles. The lowest BCUT2D eigenvalue weighted by atomic mass is 10.1. The molecule has 3 aromatic rings. The van der Waals surface area contributed by atoms with Gasteiger partial charge in [0, 0.05) is 23.9 Å². The van der Waals surface area contributed by atoms with Crippen LogP contribution in [0.2, 0.25) is 0 Å². The number of hydrogen-bond donors (Lipinski definition) is 3. The van der Waals surface area contributed by atoms with Gasteiger partial charge >= 0.3 is 0 Å². The summed E-state index contributed by atoms with van der Waals surface area (Å²) in [5, 5.41) is 2.76. The van der Waals surface area contributed by atoms with Crippen LogP contribution in [0, 0.1) is 6.92 Å². The van der Waals surface area contributed by atoms with E-state index >= 15 is 0 Å². The highest BCUT2D eigenvalue weighted by molar-refractivity contribution is 6.04. The van der Waals surface area contributed by atoms with Crippen LogP contribution in [0.3, 0.4) is 0 Å². The van der Waals surface area contributed by atoms with Gasteiger partial charge in [0.1, 0.15) is 11.5 Å². The van der Waals surface area contributed by atoms with Crippen molar-refractivity contribution < 1.29 is 14.4 Å². The number of nitrogens with zero attached hydrogens (tertiary/aromatic N) is 4. The van der Waals surface area contributed by atoms with Gasteiger partial charge in [-0.25, -0.2) is 14.6 Å². The molecular weight excluding hydrogens is 458 g/mol. The number of benzene rings is 1. The number of pyridine rings is 1. The first-order valence-electron chi connectivity index (χ1n) is 11.8. The minimum atomic E-state index is -0.736. The summed E-state index contributed by atoms with van der Waals surface area (Å²) >= 11 is 0. The van der Waals surface area contributed by atoms with Gasteiger partial charge in [-0.1, -0.05) is 25.1 Å². The Morgan fingerprint density at radius 2 is 1.94 bits per heavy atom. The molecular formula is C26H29N7O3. The third-order valence-electron chi connectivity index (χ3n) is 6.08. The molecule has 4 rings (SSSR count). The Hall–Kier alpha value is -4.47. The van der Waals surface area contributed by atoms with E-state index in [1.54, 1.807) is 53.6 Å². The van der Waals surface area contributed by atoms with E-state index in [2.05, 4.69) is 15.3 Å². The summed E-state index contributed by atoms with van der Waals surface area (Å²) in [5.74, 6) is 5.96. The van der Waals surface area contributed by atoms with Crippen molar-refractivity contribution in [2.24, 2.45) is 5.73 Å². The van der Waals surface area contributed by atoms with E-state index in [0.717, 1.165) is 18.4 Å². The predicted octanol–water partition coefficient (Wildman–Crippen LogP) is 2.95. The Bertz CT molecular complexity index is 1330. The second-order valence-corrected chi connectivity index (χ2v) is 8.65. The molecule has 0 bridgehead atoms. The third kappa shape index (κ3) is 4.97. The van der Waals surface area contributed by atoms with Crippen LogP contribution in [0.4, 0.5) is 5.82 Å². The van der Waals surface area contributed by atoms with Gasteiger partial charge in [-0.05, 0) is 62.1 Å². The largest absolute Gasteiger partial charge is 0.364 e. The number of imidazole rings is 1. The van der Waals surface area contributed by atoms with Crippen molar-refractivity contribution in [1.29, 1.82) is 0 Å². The highest BCUT2D eigenvalue weighted by Gasteiger charge is 2.34. The molecule has 3 amide bonds. The smallest absolute Gasteiger partial charge is 0.269 e. The zero-order valence-corrected chi connectivity index (χ0v) is 20.3. The lowest BCUT2D eigenvalue weighted by molar-refractivity contribution is -0.127. The summed E-state index contributed by atoms with van der Waals surface area (Å²) in [5.41, 5.74) is 7.95. The number of aromatic nitrogens is 3. The molecule has 10 nitrogen and oxygen atoms in total. The first-order chi connectivity index (χ1) is 17.3. The van der Waals surface area contributed by atoms with E-state index in [4.69, 9.17) is 11.6 Å². The number of allylic oxidation sites excluding steroid dienone is 1. The number of carbonyl (C=O) groups excluding carboxylic acids is 3. The maximum atomic E-state index is 12.7. The van der Waals surface area contributed by atoms with Gasteiger partial charge in [0.05, 0.1) is 6.04 Å². The average molecular weight is 488 g/mol. The zero-order valence-electron chi connectivity index (χ0n) is 20.3. The molecule has 0 saturated carbocycles. The van der Waals surface area contributed by atoms with Gasteiger partial charge in [0.2, 0.25) is 5.91 Å². The van der Waals surface area contributed by atoms with Crippen molar-refractivity contribution in [3.05, 3.63) is 77.4 Å². The summed E-state index contributed by atoms with van der Waals surface area (Å²) in [6.45, 7) is 4.44. The van der Waals surface area contributed by atoms with Crippen molar-refractivity contribution in [3.8, 4) is 11.3 Å². The van der Waals surface area contributed by atoms with Crippen LogP contribution in [0.15, 0.2) is 54.7 Å². The molecule has 1 saturated heterocycles. The standard InChI is InChI=1S/C26H29N7O3/c1-3-4-7-21(34)32-14-5-6-19(32)25-31-22(23(24(27)35)33(25)28)17-8-10-18(11-9-17)26(36)30-20-15-16(2)12-13-29-20/h4,7-13,15,19H,3,5-6,14,28H2,1-2H3,(H2,27,35)(H,29,30,36)/b7-4+/t19-/m0/s1. The Morgan fingerprint density at radius 1 is 1.19 bits per heavy atom. The maximum Gasteiger partial charge on any atom is 0.269 e. The van der Waals surface area contributed by atoms with Gasteiger partial charge in [0.15, 0.2) is 11.5 Å². The van der Waals surface area contributed by atoms with Crippen LogP contribution < -0.4 is 16.9 Å². The van der Waals surface area contributed by atoms with Crippen molar-refractivity contribution in [2.75, 3.05) is 17.7 Å². The third-order valence-corrected chi connectivity index (χ3v) is 6.08. The second-order valence-electron chi connectivity index (χ2n) is 8.65. The topological polar surface area (TPSA) is 149 Å². The molecule has 1 aliphatic heterocycles. The highest BCUT2D eigenvalue weighted by atomic mass is 16.2. The van der Waals surface area contributed by atoms with E-state index in [1.165, 1.54) is 4.68 Å². The minimum Gasteiger partial charge on any atom is -0.364 e. The van der Waals surface area contributed by atoms with Crippen molar-refractivity contribution in [3.63, 3.8) is 0 Å². The van der Waals surface area contributed by atoms with Crippen LogP contribution in [-0.2, 0) is 4.79 Å². The van der Waals surface area contributed by atoms with E-state index in [9.17, 15) is 14.4 Å². The number of rotatable bonds is 7. The molecule has 5 N–H and O–H groups in total. The summed E-state index contributed by atoms with van der Waals surface area (Å²) in [6.07, 6.45) is 7.20. The number of hydrogen-bond acceptors (Lipinski definition) is 6. The van der Waals surface area contributed by atoms with Crippen molar-refractivity contribution in [1.82, 2.24) is 19.5 Å². The molecule has 10 heteroatoms. The molecule has 186 valence electrons. The predicted molar refractivity (Wildman–Crippen MR) is 136 cm³/mol. The quantitative estimate of drug-likeness (QED) is 0.344. The molecule has 0 spiro atoms. The average Bonchev–Trinajstić information content (AvgIpc) is 3.47. The van der Waals surface area contributed by atoms with Crippen LogP contribution >= 0.6 is 0 Å². The van der Waals surface area contributed by atoms with Crippen molar-refractivity contribution >= 4 is 23.5 Å². The number of nitrogens with two attached hydrogens (primary N) is 2. The first-order valence-corrected chi connectivity index (χ1v) is 11.8. The number of nitrogen functional groups attached to an aromatic ring is 1. The molecule has 36 heavy (non-hydrogen) atoms. The number of amides is 3. The van der Waals surface area contributed by atoms with Crippen LogP contribution in [0.25, 0.3) is 11.3 Å². The number of anilines is 1. The van der Waals surface area contributed by atoms with E-state index in [1.807, 2.05) is 19.9 Å². The first kappa shape index (κ1) is 24.6. The fourth-order valence-corrected chi connectivity index (χ4v) is 4.31. The maximum absolute atomic E-state index is 12.7. The van der Waals surface area contributed by atoms with E-state index in [0.29, 0.717) is 41.4 Å². The van der Waals surface area contributed by atoms with Crippen molar-refractivity contribution in [2.45, 2.75) is 39.2 Å². The second kappa shape index (κ2) is 10.4. The lowest BCUT2D eigenvalue weighted by Gasteiger charge is -2.23. The summed E-state index contributed by atoms with van der Waals surface area (Å²) in [7, 11) is 0. The van der Waals surface area contributed by atoms with Crippen LogP contribution in [0.1, 0.15) is 64.5 Å². The fraction of sp³-hybridized carbons (Fsp3) is 0.269. The van der Waals surface area contributed by atoms with E-state index in [-0.39, 0.29) is 23.6 Å². The normalized spacial score (nSPS) is 15.4. The zero-order chi connectivity index (χ0) is 25.8. The fourth-order valence-electron chi connectivity index (χ4n) is 4.31. The van der Waals surface area contributed by atoms with Crippen LogP contribution in [0.5, 0.6) is 0 Å². The molecule has 1 aliphatic rings. The van der Waals surface area contributed by atoms with Gasteiger partial charge in [0.25, 0.3) is 11.8 Å². The summed E-state index contributed by atoms with van der Waals surface area (Å²) in [6, 6.07) is 9.85. The minimum absolute atomic E-state index is 0.0366. The van der Waals surface area contributed by atoms with Crippen LogP contribution in [-0.4, -0.2) is 43.8 Å². The SMILES string of the molecule is CC/C=C/C(=O)N1CCC[C@H]1c1nc(-c2ccc(C(=O)Nc3cc(C)ccn3)cc2)c(C(N)=O)n1N. The molecule has 1 fully saturated rings. The number of primary amides is 1. The summed E-state index contributed by atoms with van der Waals surface area (Å²) in [4.78, 5) is 48.2. The van der Waals surface area contributed by atoms with Gasteiger partial charge in [-0.2, -0.15) is 0 Å². The number of aryl methyl sites for hydroxylation is 1. The highest BCUT2D eigenvalue weighted by Crippen LogP contribution is 2.34. The monoisotopic (exact) mass is 487 g/mol. The van der Waals surface area contributed by atoms with E-state index < -0.39 is 5.91 Å². The molecule has 3 heterocycles.